The van der Waals surface area contributed by atoms with Gasteiger partial charge in [0, 0.05) is 0 Å². The molecule has 0 saturated heterocycles. The molecule has 0 aliphatic heterocycles. The van der Waals surface area contributed by atoms with Crippen LogP contribution in [0.15, 0.2) is 18.2 Å². The van der Waals surface area contributed by atoms with Crippen molar-refractivity contribution in [2.45, 2.75) is 51.4 Å². The van der Waals surface area contributed by atoms with Crippen molar-refractivity contribution in [2.24, 2.45) is 23.2 Å². The van der Waals surface area contributed by atoms with E-state index in [9.17, 15) is 5.26 Å². The molecule has 0 spiro atoms. The van der Waals surface area contributed by atoms with Crippen LogP contribution in [0.25, 0.3) is 0 Å². The molecule has 22 heavy (non-hydrogen) atoms. The molecule has 2 saturated carbocycles. The molecule has 0 amide bonds. The van der Waals surface area contributed by atoms with Crippen LogP contribution in [0.1, 0.15) is 56.1 Å². The van der Waals surface area contributed by atoms with Gasteiger partial charge in [0.15, 0.2) is 0 Å². The molecule has 1 aromatic rings. The van der Waals surface area contributed by atoms with E-state index >= 15 is 0 Å². The van der Waals surface area contributed by atoms with Gasteiger partial charge in [-0.25, -0.2) is 0 Å². The summed E-state index contributed by atoms with van der Waals surface area (Å²) in [5.41, 5.74) is 3.35. The summed E-state index contributed by atoms with van der Waals surface area (Å²) in [4.78, 5) is 0. The standard InChI is InChI=1S/C20H25NO/c1-20-10-9-17-16-7-5-15(22-2)11-13(16)3-6-18(17)19(20)8-4-14(20)12-21/h5,7,11,14,17-19H,3-4,6,8-10H2,1-2H3/t14-,17-,18-,19+,20-/m1/s1. The molecule has 5 atom stereocenters. The van der Waals surface area contributed by atoms with Gasteiger partial charge in [-0.3, -0.25) is 0 Å². The van der Waals surface area contributed by atoms with Crippen LogP contribution < -0.4 is 4.74 Å². The number of ether oxygens (including phenoxy) is 1. The molecule has 3 aliphatic rings. The van der Waals surface area contributed by atoms with Gasteiger partial charge in [-0.15, -0.1) is 0 Å². The lowest BCUT2D eigenvalue weighted by atomic mass is 9.54. The third-order valence-corrected chi connectivity index (χ3v) is 7.09. The summed E-state index contributed by atoms with van der Waals surface area (Å²) in [7, 11) is 1.75. The number of methoxy groups -OCH3 is 1. The molecule has 0 bridgehead atoms. The minimum absolute atomic E-state index is 0.278. The van der Waals surface area contributed by atoms with Crippen molar-refractivity contribution in [3.63, 3.8) is 0 Å². The summed E-state index contributed by atoms with van der Waals surface area (Å²) in [6.07, 6.45) is 7.34. The Kier molecular flexibility index (Phi) is 3.22. The third kappa shape index (κ3) is 1.84. The molecule has 116 valence electrons. The fraction of sp³-hybridized carbons (Fsp3) is 0.650. The third-order valence-electron chi connectivity index (χ3n) is 7.09. The molecular formula is C20H25NO. The number of hydrogen-bond donors (Lipinski definition) is 0. The maximum atomic E-state index is 9.52. The largest absolute Gasteiger partial charge is 0.497 e. The van der Waals surface area contributed by atoms with E-state index < -0.39 is 0 Å². The molecule has 2 heteroatoms. The Morgan fingerprint density at radius 3 is 2.86 bits per heavy atom. The van der Waals surface area contributed by atoms with Crippen molar-refractivity contribution in [2.75, 3.05) is 7.11 Å². The van der Waals surface area contributed by atoms with Crippen molar-refractivity contribution in [3.8, 4) is 11.8 Å². The first-order valence-corrected chi connectivity index (χ1v) is 8.74. The molecular weight excluding hydrogens is 270 g/mol. The maximum absolute atomic E-state index is 9.52. The van der Waals surface area contributed by atoms with E-state index in [1.807, 2.05) is 0 Å². The molecule has 0 unspecified atom stereocenters. The second-order valence-electron chi connectivity index (χ2n) is 7.78. The summed E-state index contributed by atoms with van der Waals surface area (Å²) in [6, 6.07) is 9.30. The number of hydrogen-bond acceptors (Lipinski definition) is 2. The number of rotatable bonds is 1. The van der Waals surface area contributed by atoms with Crippen LogP contribution in [0.2, 0.25) is 0 Å². The van der Waals surface area contributed by atoms with E-state index in [4.69, 9.17) is 4.74 Å². The fourth-order valence-electron chi connectivity index (χ4n) is 5.90. The number of nitriles is 1. The summed E-state index contributed by atoms with van der Waals surface area (Å²) in [5, 5.41) is 9.52. The van der Waals surface area contributed by atoms with E-state index in [-0.39, 0.29) is 11.3 Å². The first kappa shape index (κ1) is 14.1. The van der Waals surface area contributed by atoms with Crippen LogP contribution in [-0.2, 0) is 6.42 Å². The van der Waals surface area contributed by atoms with Crippen molar-refractivity contribution >= 4 is 0 Å². The highest BCUT2D eigenvalue weighted by atomic mass is 16.5. The molecule has 0 heterocycles. The number of fused-ring (bicyclic) bond motifs is 5. The predicted molar refractivity (Wildman–Crippen MR) is 86.7 cm³/mol. The number of aryl methyl sites for hydroxylation is 1. The zero-order chi connectivity index (χ0) is 15.3. The van der Waals surface area contributed by atoms with Crippen molar-refractivity contribution in [1.82, 2.24) is 0 Å². The molecule has 0 radical (unpaired) electrons. The lowest BCUT2D eigenvalue weighted by molar-refractivity contribution is 0.0427. The van der Waals surface area contributed by atoms with E-state index in [0.717, 1.165) is 24.0 Å². The normalized spacial score (nSPS) is 39.3. The van der Waals surface area contributed by atoms with Crippen LogP contribution in [0, 0.1) is 34.5 Å². The lowest BCUT2D eigenvalue weighted by Gasteiger charge is -2.50. The zero-order valence-corrected chi connectivity index (χ0v) is 13.6. The first-order valence-electron chi connectivity index (χ1n) is 8.74. The van der Waals surface area contributed by atoms with E-state index in [0.29, 0.717) is 5.92 Å². The topological polar surface area (TPSA) is 33.0 Å². The van der Waals surface area contributed by atoms with Crippen LogP contribution in [0.4, 0.5) is 0 Å². The summed E-state index contributed by atoms with van der Waals surface area (Å²) in [6.45, 7) is 2.40. The van der Waals surface area contributed by atoms with Gasteiger partial charge in [0.05, 0.1) is 19.1 Å². The molecule has 1 aromatic carbocycles. The van der Waals surface area contributed by atoms with Gasteiger partial charge in [0.2, 0.25) is 0 Å². The Hall–Kier alpha value is -1.49. The Balaban J connectivity index is 1.68. The Bertz CT molecular complexity index is 631. The average Bonchev–Trinajstić information content (AvgIpc) is 2.90. The van der Waals surface area contributed by atoms with Gasteiger partial charge in [-0.05, 0) is 85.0 Å². The molecule has 2 fully saturated rings. The van der Waals surface area contributed by atoms with Gasteiger partial charge in [-0.2, -0.15) is 5.26 Å². The SMILES string of the molecule is COc1ccc2c(c1)CC[C@@H]1[C@@H]2CC[C@]2(C)[C@@H](C#N)CC[C@@H]12. The minimum Gasteiger partial charge on any atom is -0.497 e. The molecule has 3 aliphatic carbocycles. The molecule has 4 rings (SSSR count). The Morgan fingerprint density at radius 2 is 2.09 bits per heavy atom. The van der Waals surface area contributed by atoms with Crippen molar-refractivity contribution in [1.29, 1.82) is 5.26 Å². The maximum Gasteiger partial charge on any atom is 0.119 e. The van der Waals surface area contributed by atoms with Gasteiger partial charge < -0.3 is 4.74 Å². The quantitative estimate of drug-likeness (QED) is 0.753. The Morgan fingerprint density at radius 1 is 1.23 bits per heavy atom. The number of nitrogens with zero attached hydrogens (tertiary/aromatic N) is 1. The van der Waals surface area contributed by atoms with Gasteiger partial charge in [0.1, 0.15) is 5.75 Å². The monoisotopic (exact) mass is 295 g/mol. The minimum atomic E-state index is 0.278. The average molecular weight is 295 g/mol. The van der Waals surface area contributed by atoms with Gasteiger partial charge in [-0.1, -0.05) is 13.0 Å². The van der Waals surface area contributed by atoms with Gasteiger partial charge >= 0.3 is 0 Å². The lowest BCUT2D eigenvalue weighted by Crippen LogP contribution is -2.42. The second kappa shape index (κ2) is 5.01. The van der Waals surface area contributed by atoms with Crippen LogP contribution in [0.5, 0.6) is 5.75 Å². The van der Waals surface area contributed by atoms with E-state index in [1.165, 1.54) is 37.7 Å². The van der Waals surface area contributed by atoms with E-state index in [1.54, 1.807) is 12.7 Å². The predicted octanol–water partition coefficient (Wildman–Crippen LogP) is 4.69. The second-order valence-corrected chi connectivity index (χ2v) is 7.78. The highest BCUT2D eigenvalue weighted by molar-refractivity contribution is 5.40. The summed E-state index contributed by atoms with van der Waals surface area (Å²) in [5.74, 6) is 3.54. The smallest absolute Gasteiger partial charge is 0.119 e. The zero-order valence-electron chi connectivity index (χ0n) is 13.6. The van der Waals surface area contributed by atoms with Gasteiger partial charge in [0.25, 0.3) is 0 Å². The first-order chi connectivity index (χ1) is 10.7. The van der Waals surface area contributed by atoms with Crippen LogP contribution in [0.3, 0.4) is 0 Å². The summed E-state index contributed by atoms with van der Waals surface area (Å²) < 4.78 is 5.39. The summed E-state index contributed by atoms with van der Waals surface area (Å²) >= 11 is 0. The molecule has 0 aromatic heterocycles. The number of benzene rings is 1. The van der Waals surface area contributed by atoms with Crippen LogP contribution in [-0.4, -0.2) is 7.11 Å². The highest BCUT2D eigenvalue weighted by Crippen LogP contribution is 2.62. The molecule has 2 nitrogen and oxygen atoms in total. The highest BCUT2D eigenvalue weighted by Gasteiger charge is 2.54. The fourth-order valence-corrected chi connectivity index (χ4v) is 5.90. The van der Waals surface area contributed by atoms with Crippen LogP contribution >= 0.6 is 0 Å². The van der Waals surface area contributed by atoms with E-state index in [2.05, 4.69) is 31.2 Å². The van der Waals surface area contributed by atoms with Crippen molar-refractivity contribution in [3.05, 3.63) is 29.3 Å². The van der Waals surface area contributed by atoms with Crippen molar-refractivity contribution < 1.29 is 4.74 Å². The molecule has 0 N–H and O–H groups in total. The Labute approximate surface area is 133 Å².